The van der Waals surface area contributed by atoms with Crippen LogP contribution in [0, 0.1) is 10.1 Å². The number of carbonyl (C=O) groups is 2. The first-order chi connectivity index (χ1) is 11.5. The van der Waals surface area contributed by atoms with Crippen molar-refractivity contribution in [1.29, 1.82) is 0 Å². The minimum absolute atomic E-state index is 0.0932. The summed E-state index contributed by atoms with van der Waals surface area (Å²) in [6, 6.07) is 5.08. The number of nitro groups is 1. The second kappa shape index (κ2) is 8.37. The van der Waals surface area contributed by atoms with Crippen molar-refractivity contribution in [2.45, 2.75) is 12.5 Å². The molecule has 1 atom stereocenters. The van der Waals surface area contributed by atoms with Crippen molar-refractivity contribution < 1.29 is 24.0 Å². The number of esters is 1. The van der Waals surface area contributed by atoms with Gasteiger partial charge in [-0.25, -0.2) is 0 Å². The molecule has 0 unspecified atom stereocenters. The molecule has 1 heterocycles. The van der Waals surface area contributed by atoms with Gasteiger partial charge in [-0.2, -0.15) is 0 Å². The largest absolute Gasteiger partial charge is 0.469 e. The molecule has 9 nitrogen and oxygen atoms in total. The van der Waals surface area contributed by atoms with Crippen molar-refractivity contribution in [1.82, 2.24) is 4.90 Å². The zero-order valence-corrected chi connectivity index (χ0v) is 13.3. The van der Waals surface area contributed by atoms with Crippen molar-refractivity contribution in [3.05, 3.63) is 34.4 Å². The summed E-state index contributed by atoms with van der Waals surface area (Å²) in [6.07, 6.45) is -0.136. The second-order valence-corrected chi connectivity index (χ2v) is 5.21. The Morgan fingerprint density at radius 2 is 2.04 bits per heavy atom. The zero-order valence-electron chi connectivity index (χ0n) is 13.3. The smallest absolute Gasteiger partial charge is 0.307 e. The molecule has 0 spiro atoms. The molecule has 1 aliphatic heterocycles. The topological polar surface area (TPSA) is 111 Å². The Labute approximate surface area is 138 Å². The number of nitrogens with zero attached hydrogens (tertiary/aromatic N) is 2. The first-order valence-corrected chi connectivity index (χ1v) is 7.46. The van der Waals surface area contributed by atoms with Gasteiger partial charge >= 0.3 is 5.97 Å². The molecule has 24 heavy (non-hydrogen) atoms. The molecule has 9 heteroatoms. The van der Waals surface area contributed by atoms with E-state index in [4.69, 9.17) is 4.74 Å². The van der Waals surface area contributed by atoms with Gasteiger partial charge in [0.15, 0.2) is 0 Å². The molecule has 1 aromatic rings. The highest BCUT2D eigenvalue weighted by atomic mass is 16.6. The van der Waals surface area contributed by atoms with Crippen LogP contribution in [0.25, 0.3) is 0 Å². The molecule has 1 amide bonds. The summed E-state index contributed by atoms with van der Waals surface area (Å²) in [5.41, 5.74) is -0.111. The Morgan fingerprint density at radius 1 is 1.38 bits per heavy atom. The lowest BCUT2D eigenvalue weighted by molar-refractivity contribution is -0.383. The van der Waals surface area contributed by atoms with Gasteiger partial charge in [-0.05, 0) is 6.07 Å². The minimum Gasteiger partial charge on any atom is -0.469 e. The molecule has 130 valence electrons. The lowest BCUT2D eigenvalue weighted by Crippen LogP contribution is -2.50. The minimum atomic E-state index is -0.777. The molecule has 0 radical (unpaired) electrons. The highest BCUT2D eigenvalue weighted by molar-refractivity contribution is 5.98. The molecule has 1 fully saturated rings. The Morgan fingerprint density at radius 3 is 2.67 bits per heavy atom. The number of rotatable bonds is 6. The number of carbonyl (C=O) groups excluding carboxylic acids is 2. The number of anilines is 1. The van der Waals surface area contributed by atoms with Gasteiger partial charge in [-0.1, -0.05) is 12.1 Å². The Balaban J connectivity index is 2.17. The molecule has 1 aromatic carbocycles. The molecule has 0 aliphatic carbocycles. The van der Waals surface area contributed by atoms with Gasteiger partial charge in [0.1, 0.15) is 11.7 Å². The lowest BCUT2D eigenvalue weighted by atomic mass is 10.1. The van der Waals surface area contributed by atoms with Crippen molar-refractivity contribution in [2.75, 3.05) is 38.7 Å². The summed E-state index contributed by atoms with van der Waals surface area (Å²) in [5, 5.41) is 13.6. The number of hydrogen-bond acceptors (Lipinski definition) is 7. The van der Waals surface area contributed by atoms with Gasteiger partial charge in [0.05, 0.1) is 31.7 Å². The standard InChI is InChI=1S/C15H19N3O6/c1-23-14(19)10-13(17-6-8-24-9-7-17)15(20)16-11-4-2-3-5-12(11)18(21)22/h2-5,13H,6-10H2,1H3,(H,16,20)/t13-/m1/s1. The number of amides is 1. The van der Waals surface area contributed by atoms with E-state index in [0.29, 0.717) is 26.3 Å². The molecule has 2 rings (SSSR count). The van der Waals surface area contributed by atoms with E-state index in [1.165, 1.54) is 25.3 Å². The lowest BCUT2D eigenvalue weighted by Gasteiger charge is -2.32. The predicted octanol–water partition coefficient (Wildman–Crippen LogP) is 0.797. The van der Waals surface area contributed by atoms with Crippen LogP contribution < -0.4 is 5.32 Å². The summed E-state index contributed by atoms with van der Waals surface area (Å²) in [7, 11) is 1.25. The van der Waals surface area contributed by atoms with Crippen LogP contribution in [0.4, 0.5) is 11.4 Å². The molecular weight excluding hydrogens is 318 g/mol. The van der Waals surface area contributed by atoms with E-state index >= 15 is 0 Å². The Hall–Kier alpha value is -2.52. The fraction of sp³-hybridized carbons (Fsp3) is 0.467. The predicted molar refractivity (Wildman–Crippen MR) is 84.5 cm³/mol. The maximum Gasteiger partial charge on any atom is 0.307 e. The zero-order chi connectivity index (χ0) is 17.5. The van der Waals surface area contributed by atoms with Gasteiger partial charge in [-0.3, -0.25) is 24.6 Å². The van der Waals surface area contributed by atoms with Crippen molar-refractivity contribution in [2.24, 2.45) is 0 Å². The number of hydrogen-bond donors (Lipinski definition) is 1. The summed E-state index contributed by atoms with van der Waals surface area (Å²) in [5.74, 6) is -1.01. The maximum absolute atomic E-state index is 12.6. The van der Waals surface area contributed by atoms with Gasteiger partial charge in [0.2, 0.25) is 5.91 Å². The molecular formula is C15H19N3O6. The molecule has 0 aromatic heterocycles. The van der Waals surface area contributed by atoms with Gasteiger partial charge in [-0.15, -0.1) is 0 Å². The monoisotopic (exact) mass is 337 g/mol. The third-order valence-corrected chi connectivity index (χ3v) is 3.74. The third-order valence-electron chi connectivity index (χ3n) is 3.74. The van der Waals surface area contributed by atoms with E-state index in [1.54, 1.807) is 6.07 Å². The number of benzene rings is 1. The first kappa shape index (κ1) is 17.8. The number of morpholine rings is 1. The summed E-state index contributed by atoms with van der Waals surface area (Å²) in [6.45, 7) is 1.89. The second-order valence-electron chi connectivity index (χ2n) is 5.21. The SMILES string of the molecule is COC(=O)C[C@H](C(=O)Nc1ccccc1[N+](=O)[O-])N1CCOCC1. The van der Waals surface area contributed by atoms with Gasteiger partial charge in [0, 0.05) is 19.2 Å². The Kier molecular flexibility index (Phi) is 6.21. The highest BCUT2D eigenvalue weighted by Crippen LogP contribution is 2.24. The number of ether oxygens (including phenoxy) is 2. The fourth-order valence-electron chi connectivity index (χ4n) is 2.47. The normalized spacial score (nSPS) is 16.2. The molecule has 1 N–H and O–H groups in total. The number of methoxy groups -OCH3 is 1. The van der Waals surface area contributed by atoms with Crippen LogP contribution >= 0.6 is 0 Å². The Bertz CT molecular complexity index is 615. The number of nitrogens with one attached hydrogen (secondary N) is 1. The summed E-state index contributed by atoms with van der Waals surface area (Å²) < 4.78 is 9.90. The average molecular weight is 337 g/mol. The van der Waals surface area contributed by atoms with Gasteiger partial charge in [0.25, 0.3) is 5.69 Å². The summed E-state index contributed by atoms with van der Waals surface area (Å²) in [4.78, 5) is 36.5. The van der Waals surface area contributed by atoms with Crippen LogP contribution in [-0.4, -0.2) is 61.2 Å². The summed E-state index contributed by atoms with van der Waals surface area (Å²) >= 11 is 0. The molecule has 0 saturated carbocycles. The van der Waals surface area contributed by atoms with Crippen molar-refractivity contribution >= 4 is 23.3 Å². The van der Waals surface area contributed by atoms with Crippen LogP contribution in [0.2, 0.25) is 0 Å². The van der Waals surface area contributed by atoms with Crippen molar-refractivity contribution in [3.63, 3.8) is 0 Å². The average Bonchev–Trinajstić information content (AvgIpc) is 2.60. The first-order valence-electron chi connectivity index (χ1n) is 7.46. The number of nitro benzene ring substituents is 1. The molecule has 1 saturated heterocycles. The third kappa shape index (κ3) is 4.49. The van der Waals surface area contributed by atoms with E-state index < -0.39 is 22.8 Å². The van der Waals surface area contributed by atoms with Crippen LogP contribution in [-0.2, 0) is 19.1 Å². The van der Waals surface area contributed by atoms with Crippen LogP contribution in [0.15, 0.2) is 24.3 Å². The van der Waals surface area contributed by atoms with Crippen LogP contribution in [0.1, 0.15) is 6.42 Å². The number of para-hydroxylation sites is 2. The molecule has 0 bridgehead atoms. The highest BCUT2D eigenvalue weighted by Gasteiger charge is 2.31. The van der Waals surface area contributed by atoms with Crippen molar-refractivity contribution in [3.8, 4) is 0 Å². The van der Waals surface area contributed by atoms with Gasteiger partial charge < -0.3 is 14.8 Å². The quantitative estimate of drug-likeness (QED) is 0.464. The van der Waals surface area contributed by atoms with E-state index in [0.717, 1.165) is 0 Å². The van der Waals surface area contributed by atoms with E-state index in [9.17, 15) is 19.7 Å². The van der Waals surface area contributed by atoms with E-state index in [1.807, 2.05) is 4.90 Å². The van der Waals surface area contributed by atoms with E-state index in [-0.39, 0.29) is 17.8 Å². The van der Waals surface area contributed by atoms with Crippen LogP contribution in [0.5, 0.6) is 0 Å². The van der Waals surface area contributed by atoms with Crippen LogP contribution in [0.3, 0.4) is 0 Å². The fourth-order valence-corrected chi connectivity index (χ4v) is 2.47. The van der Waals surface area contributed by atoms with E-state index in [2.05, 4.69) is 10.1 Å². The maximum atomic E-state index is 12.6. The molecule has 1 aliphatic rings.